The van der Waals surface area contributed by atoms with E-state index in [1.165, 1.54) is 12.1 Å². The first-order valence-corrected chi connectivity index (χ1v) is 8.05. The van der Waals surface area contributed by atoms with E-state index in [0.29, 0.717) is 11.6 Å². The van der Waals surface area contributed by atoms with Gasteiger partial charge in [-0.25, -0.2) is 4.39 Å². The Labute approximate surface area is 131 Å². The summed E-state index contributed by atoms with van der Waals surface area (Å²) in [5, 5.41) is 4.05. The molecule has 1 N–H and O–H groups in total. The molecule has 2 unspecified atom stereocenters. The van der Waals surface area contributed by atoms with Gasteiger partial charge in [-0.3, -0.25) is 4.90 Å². The van der Waals surface area contributed by atoms with E-state index in [2.05, 4.69) is 24.1 Å². The Kier molecular flexibility index (Phi) is 6.42. The van der Waals surface area contributed by atoms with Gasteiger partial charge in [0.05, 0.1) is 18.8 Å². The highest BCUT2D eigenvalue weighted by atomic mass is 35.5. The maximum absolute atomic E-state index is 13.6. The summed E-state index contributed by atoms with van der Waals surface area (Å²) in [5.74, 6) is -0.263. The molecule has 0 radical (unpaired) electrons. The van der Waals surface area contributed by atoms with Crippen molar-refractivity contribution in [2.75, 3.05) is 32.8 Å². The van der Waals surface area contributed by atoms with Crippen LogP contribution in [0.5, 0.6) is 0 Å². The fourth-order valence-electron chi connectivity index (χ4n) is 2.71. The van der Waals surface area contributed by atoms with Crippen molar-refractivity contribution in [1.82, 2.24) is 10.2 Å². The zero-order chi connectivity index (χ0) is 15.2. The highest BCUT2D eigenvalue weighted by Crippen LogP contribution is 2.29. The largest absolute Gasteiger partial charge is 0.374 e. The molecule has 1 fully saturated rings. The first-order valence-electron chi connectivity index (χ1n) is 7.68. The third-order valence-corrected chi connectivity index (χ3v) is 4.25. The Morgan fingerprint density at radius 1 is 1.48 bits per heavy atom. The second-order valence-corrected chi connectivity index (χ2v) is 5.81. The number of ether oxygens (including phenoxy) is 1. The molecule has 2 atom stereocenters. The summed E-state index contributed by atoms with van der Waals surface area (Å²) in [7, 11) is 0. The lowest BCUT2D eigenvalue weighted by molar-refractivity contribution is -0.0456. The van der Waals surface area contributed by atoms with Crippen LogP contribution in [0.1, 0.15) is 31.9 Å². The van der Waals surface area contributed by atoms with Crippen LogP contribution in [0, 0.1) is 5.82 Å². The van der Waals surface area contributed by atoms with Gasteiger partial charge in [-0.15, -0.1) is 0 Å². The summed E-state index contributed by atoms with van der Waals surface area (Å²) in [6, 6.07) is 4.45. The summed E-state index contributed by atoms with van der Waals surface area (Å²) in [4.78, 5) is 2.35. The molecular weight excluding hydrogens is 291 g/mol. The molecule has 3 nitrogen and oxygen atoms in total. The van der Waals surface area contributed by atoms with Gasteiger partial charge in [0.1, 0.15) is 5.82 Å². The second kappa shape index (κ2) is 8.08. The lowest BCUT2D eigenvalue weighted by Crippen LogP contribution is -2.48. The van der Waals surface area contributed by atoms with Crippen molar-refractivity contribution >= 4 is 11.6 Å². The van der Waals surface area contributed by atoms with Crippen LogP contribution in [0.4, 0.5) is 4.39 Å². The van der Waals surface area contributed by atoms with Crippen molar-refractivity contribution in [2.24, 2.45) is 0 Å². The van der Waals surface area contributed by atoms with Crippen molar-refractivity contribution in [3.63, 3.8) is 0 Å². The van der Waals surface area contributed by atoms with Gasteiger partial charge in [0.2, 0.25) is 0 Å². The quantitative estimate of drug-likeness (QED) is 0.872. The van der Waals surface area contributed by atoms with Crippen molar-refractivity contribution < 1.29 is 9.13 Å². The lowest BCUT2D eigenvalue weighted by Gasteiger charge is -2.37. The summed E-state index contributed by atoms with van der Waals surface area (Å²) in [5.41, 5.74) is 0.785. The predicted molar refractivity (Wildman–Crippen MR) is 84.3 cm³/mol. The molecule has 118 valence electrons. The smallest absolute Gasteiger partial charge is 0.123 e. The van der Waals surface area contributed by atoms with E-state index in [1.807, 2.05) is 0 Å². The lowest BCUT2D eigenvalue weighted by atomic mass is 9.99. The number of hydrogen-bond acceptors (Lipinski definition) is 3. The SMILES string of the molecule is CCCNC(c1cc(F)ccc1Cl)C1CN(CC)CCO1. The molecule has 2 rings (SSSR count). The number of morpholine rings is 1. The number of rotatable bonds is 6. The molecule has 1 heterocycles. The van der Waals surface area contributed by atoms with Crippen molar-refractivity contribution in [3.8, 4) is 0 Å². The van der Waals surface area contributed by atoms with E-state index in [-0.39, 0.29) is 18.0 Å². The molecule has 0 bridgehead atoms. The maximum Gasteiger partial charge on any atom is 0.123 e. The number of nitrogens with one attached hydrogen (secondary N) is 1. The predicted octanol–water partition coefficient (Wildman–Crippen LogP) is 3.24. The minimum Gasteiger partial charge on any atom is -0.374 e. The molecule has 1 aromatic rings. The standard InChI is InChI=1S/C16H24ClFN2O/c1-3-7-19-16(13-10-12(18)5-6-14(13)17)15-11-20(4-2)8-9-21-15/h5-6,10,15-16,19H,3-4,7-9,11H2,1-2H3. The molecule has 1 aliphatic rings. The van der Waals surface area contributed by atoms with Gasteiger partial charge in [-0.05, 0) is 43.3 Å². The average Bonchev–Trinajstić information content (AvgIpc) is 2.51. The van der Waals surface area contributed by atoms with Crippen LogP contribution >= 0.6 is 11.6 Å². The Morgan fingerprint density at radius 2 is 2.29 bits per heavy atom. The molecule has 0 amide bonds. The van der Waals surface area contributed by atoms with Crippen LogP contribution in [0.2, 0.25) is 5.02 Å². The Hall–Kier alpha value is -0.680. The number of halogens is 2. The van der Waals surface area contributed by atoms with Crippen molar-refractivity contribution in [1.29, 1.82) is 0 Å². The first kappa shape index (κ1) is 16.7. The van der Waals surface area contributed by atoms with Crippen LogP contribution in [-0.2, 0) is 4.74 Å². The third kappa shape index (κ3) is 4.39. The Balaban J connectivity index is 2.22. The fourth-order valence-corrected chi connectivity index (χ4v) is 2.95. The summed E-state index contributed by atoms with van der Waals surface area (Å²) >= 11 is 6.28. The van der Waals surface area contributed by atoms with Crippen LogP contribution in [-0.4, -0.2) is 43.8 Å². The van der Waals surface area contributed by atoms with E-state index in [0.717, 1.165) is 38.2 Å². The van der Waals surface area contributed by atoms with Crippen molar-refractivity contribution in [2.45, 2.75) is 32.4 Å². The van der Waals surface area contributed by atoms with Gasteiger partial charge >= 0.3 is 0 Å². The number of nitrogens with zero attached hydrogens (tertiary/aromatic N) is 1. The van der Waals surface area contributed by atoms with Gasteiger partial charge in [-0.1, -0.05) is 25.4 Å². The maximum atomic E-state index is 13.6. The van der Waals surface area contributed by atoms with Gasteiger partial charge in [0.15, 0.2) is 0 Å². The molecule has 0 aliphatic carbocycles. The van der Waals surface area contributed by atoms with E-state index in [9.17, 15) is 4.39 Å². The molecule has 1 saturated heterocycles. The zero-order valence-electron chi connectivity index (χ0n) is 12.7. The molecule has 1 aliphatic heterocycles. The first-order chi connectivity index (χ1) is 10.2. The van der Waals surface area contributed by atoms with Crippen LogP contribution in [0.25, 0.3) is 0 Å². The highest BCUT2D eigenvalue weighted by Gasteiger charge is 2.29. The zero-order valence-corrected chi connectivity index (χ0v) is 13.5. The topological polar surface area (TPSA) is 24.5 Å². The van der Waals surface area contributed by atoms with Crippen LogP contribution in [0.15, 0.2) is 18.2 Å². The van der Waals surface area contributed by atoms with E-state index >= 15 is 0 Å². The van der Waals surface area contributed by atoms with Gasteiger partial charge in [-0.2, -0.15) is 0 Å². The number of likely N-dealkylation sites (N-methyl/N-ethyl adjacent to an activating group) is 1. The minimum atomic E-state index is -0.263. The number of hydrogen-bond donors (Lipinski definition) is 1. The molecule has 0 spiro atoms. The molecular formula is C16H24ClFN2O. The molecule has 1 aromatic carbocycles. The third-order valence-electron chi connectivity index (χ3n) is 3.90. The average molecular weight is 315 g/mol. The summed E-state index contributed by atoms with van der Waals surface area (Å²) in [6.45, 7) is 8.59. The second-order valence-electron chi connectivity index (χ2n) is 5.40. The molecule has 21 heavy (non-hydrogen) atoms. The van der Waals surface area contributed by atoms with Crippen molar-refractivity contribution in [3.05, 3.63) is 34.6 Å². The van der Waals surface area contributed by atoms with Gasteiger partial charge in [0, 0.05) is 18.1 Å². The number of benzene rings is 1. The van der Waals surface area contributed by atoms with E-state index in [1.54, 1.807) is 6.07 Å². The monoisotopic (exact) mass is 314 g/mol. The minimum absolute atomic E-state index is 0.00968. The molecule has 0 saturated carbocycles. The van der Waals surface area contributed by atoms with Gasteiger partial charge in [0.25, 0.3) is 0 Å². The Morgan fingerprint density at radius 3 is 3.00 bits per heavy atom. The summed E-state index contributed by atoms with van der Waals surface area (Å²) < 4.78 is 19.5. The van der Waals surface area contributed by atoms with E-state index < -0.39 is 0 Å². The molecule has 5 heteroatoms. The van der Waals surface area contributed by atoms with Crippen LogP contribution < -0.4 is 5.32 Å². The fraction of sp³-hybridized carbons (Fsp3) is 0.625. The summed E-state index contributed by atoms with van der Waals surface area (Å²) in [6.07, 6.45) is 0.998. The highest BCUT2D eigenvalue weighted by molar-refractivity contribution is 6.31. The van der Waals surface area contributed by atoms with E-state index in [4.69, 9.17) is 16.3 Å². The van der Waals surface area contributed by atoms with Gasteiger partial charge < -0.3 is 10.1 Å². The van der Waals surface area contributed by atoms with Crippen LogP contribution in [0.3, 0.4) is 0 Å². The molecule has 0 aromatic heterocycles. The normalized spacial score (nSPS) is 21.4. The Bertz CT molecular complexity index is 458.